The number of nitrogens with one attached hydrogen (secondary N) is 1. The van der Waals surface area contributed by atoms with Crippen LogP contribution in [0.4, 0.5) is 18.9 Å². The third-order valence-electron chi connectivity index (χ3n) is 5.95. The van der Waals surface area contributed by atoms with Crippen LogP contribution in [-0.2, 0) is 4.79 Å². The molecule has 0 bridgehead atoms. The van der Waals surface area contributed by atoms with E-state index in [2.05, 4.69) is 43.4 Å². The van der Waals surface area contributed by atoms with Crippen LogP contribution in [0.15, 0.2) is 24.3 Å². The predicted octanol–water partition coefficient (Wildman–Crippen LogP) is 6.54. The lowest BCUT2D eigenvalue weighted by Crippen LogP contribution is -2.18. The van der Waals surface area contributed by atoms with E-state index in [4.69, 9.17) is 4.74 Å². The first-order valence-corrected chi connectivity index (χ1v) is 10.2. The van der Waals surface area contributed by atoms with Gasteiger partial charge in [0, 0.05) is 23.6 Å². The standard InChI is InChI=1S/C24H28F3NO2/c1-13(2)17-6-8-18(9-7-17)19-12-30-23-15(4)14(3)22(16(5)21(19)23)28-20(29)10-11-24(25,26)27/h6-9,13,19H,10-12H2,1-5H3,(H,28,29). The van der Waals surface area contributed by atoms with Crippen LogP contribution in [0.25, 0.3) is 0 Å². The Labute approximate surface area is 175 Å². The average Bonchev–Trinajstić information content (AvgIpc) is 3.13. The lowest BCUT2D eigenvalue weighted by Gasteiger charge is -2.20. The lowest BCUT2D eigenvalue weighted by atomic mass is 9.85. The number of alkyl halides is 3. The number of anilines is 1. The number of hydrogen-bond donors (Lipinski definition) is 1. The van der Waals surface area contributed by atoms with Crippen LogP contribution in [0.3, 0.4) is 0 Å². The van der Waals surface area contributed by atoms with Crippen LogP contribution >= 0.6 is 0 Å². The zero-order valence-corrected chi connectivity index (χ0v) is 18.0. The predicted molar refractivity (Wildman–Crippen MR) is 112 cm³/mol. The summed E-state index contributed by atoms with van der Waals surface area (Å²) in [7, 11) is 0. The summed E-state index contributed by atoms with van der Waals surface area (Å²) in [6.45, 7) is 10.5. The molecule has 2 aromatic rings. The average molecular weight is 419 g/mol. The third-order valence-corrected chi connectivity index (χ3v) is 5.95. The van der Waals surface area contributed by atoms with Gasteiger partial charge >= 0.3 is 6.18 Å². The van der Waals surface area contributed by atoms with Crippen molar-refractivity contribution >= 4 is 11.6 Å². The van der Waals surface area contributed by atoms with Crippen molar-refractivity contribution in [3.05, 3.63) is 57.6 Å². The van der Waals surface area contributed by atoms with Crippen molar-refractivity contribution < 1.29 is 22.7 Å². The summed E-state index contributed by atoms with van der Waals surface area (Å²) in [5.41, 5.74) is 6.55. The normalized spacial score (nSPS) is 15.8. The van der Waals surface area contributed by atoms with Gasteiger partial charge in [-0.15, -0.1) is 0 Å². The van der Waals surface area contributed by atoms with Crippen molar-refractivity contribution in [3.8, 4) is 5.75 Å². The quantitative estimate of drug-likeness (QED) is 0.597. The van der Waals surface area contributed by atoms with Crippen molar-refractivity contribution in [2.24, 2.45) is 0 Å². The van der Waals surface area contributed by atoms with Gasteiger partial charge in [-0.25, -0.2) is 0 Å². The maximum atomic E-state index is 12.5. The number of hydrogen-bond acceptors (Lipinski definition) is 2. The Balaban J connectivity index is 1.94. The molecule has 0 saturated heterocycles. The number of ether oxygens (including phenoxy) is 1. The Morgan fingerprint density at radius 3 is 2.30 bits per heavy atom. The van der Waals surface area contributed by atoms with Crippen LogP contribution in [0.2, 0.25) is 0 Å². The highest BCUT2D eigenvalue weighted by atomic mass is 19.4. The molecule has 0 aliphatic carbocycles. The van der Waals surface area contributed by atoms with Crippen LogP contribution in [0.5, 0.6) is 5.75 Å². The smallest absolute Gasteiger partial charge is 0.389 e. The SMILES string of the molecule is Cc1c(C)c2c(c(C)c1NC(=O)CCC(F)(F)F)C(c1ccc(C(C)C)cc1)CO2. The van der Waals surface area contributed by atoms with E-state index >= 15 is 0 Å². The molecule has 1 amide bonds. The topological polar surface area (TPSA) is 38.3 Å². The number of halogens is 3. The first-order valence-electron chi connectivity index (χ1n) is 10.2. The lowest BCUT2D eigenvalue weighted by molar-refractivity contribution is -0.142. The van der Waals surface area contributed by atoms with Gasteiger partial charge in [0.05, 0.1) is 13.0 Å². The maximum Gasteiger partial charge on any atom is 0.389 e. The molecule has 1 N–H and O–H groups in total. The van der Waals surface area contributed by atoms with E-state index in [0.717, 1.165) is 33.6 Å². The molecular formula is C24H28F3NO2. The third kappa shape index (κ3) is 4.47. The molecule has 1 aliphatic rings. The zero-order valence-electron chi connectivity index (χ0n) is 18.0. The van der Waals surface area contributed by atoms with E-state index in [9.17, 15) is 18.0 Å². The second-order valence-corrected chi connectivity index (χ2v) is 8.34. The van der Waals surface area contributed by atoms with Crippen molar-refractivity contribution in [1.82, 2.24) is 0 Å². The number of carbonyl (C=O) groups excluding carboxylic acids is 1. The van der Waals surface area contributed by atoms with E-state index in [-0.39, 0.29) is 5.92 Å². The van der Waals surface area contributed by atoms with Crippen molar-refractivity contribution in [1.29, 1.82) is 0 Å². The highest BCUT2D eigenvalue weighted by Gasteiger charge is 2.33. The molecule has 0 radical (unpaired) electrons. The fourth-order valence-electron chi connectivity index (χ4n) is 4.02. The highest BCUT2D eigenvalue weighted by molar-refractivity contribution is 5.93. The Morgan fingerprint density at radius 1 is 1.10 bits per heavy atom. The summed E-state index contributed by atoms with van der Waals surface area (Å²) in [5, 5.41) is 2.72. The van der Waals surface area contributed by atoms with Gasteiger partial charge in [-0.2, -0.15) is 13.2 Å². The molecule has 1 aliphatic heterocycles. The molecule has 3 rings (SSSR count). The molecule has 1 unspecified atom stereocenters. The van der Waals surface area contributed by atoms with Gasteiger partial charge < -0.3 is 10.1 Å². The largest absolute Gasteiger partial charge is 0.492 e. The fraction of sp³-hybridized carbons (Fsp3) is 0.458. The summed E-state index contributed by atoms with van der Waals surface area (Å²) in [6, 6.07) is 8.45. The van der Waals surface area contributed by atoms with Gasteiger partial charge in [0.25, 0.3) is 0 Å². The monoisotopic (exact) mass is 419 g/mol. The van der Waals surface area contributed by atoms with Gasteiger partial charge in [-0.3, -0.25) is 4.79 Å². The van der Waals surface area contributed by atoms with E-state index < -0.39 is 24.9 Å². The van der Waals surface area contributed by atoms with Gasteiger partial charge in [-0.1, -0.05) is 38.1 Å². The molecule has 162 valence electrons. The molecule has 1 heterocycles. The van der Waals surface area contributed by atoms with Gasteiger partial charge in [-0.05, 0) is 54.5 Å². The number of benzene rings is 2. The Morgan fingerprint density at radius 2 is 1.73 bits per heavy atom. The molecule has 0 saturated carbocycles. The van der Waals surface area contributed by atoms with Gasteiger partial charge in [0.15, 0.2) is 0 Å². The first kappa shape index (κ1) is 22.2. The Bertz CT molecular complexity index is 947. The zero-order chi connectivity index (χ0) is 22.2. The summed E-state index contributed by atoms with van der Waals surface area (Å²) in [4.78, 5) is 12.2. The maximum absolute atomic E-state index is 12.5. The number of rotatable bonds is 5. The van der Waals surface area contributed by atoms with Gasteiger partial charge in [0.2, 0.25) is 5.91 Å². The summed E-state index contributed by atoms with van der Waals surface area (Å²) >= 11 is 0. The molecule has 0 spiro atoms. The second kappa shape index (κ2) is 8.32. The number of carbonyl (C=O) groups is 1. The van der Waals surface area contributed by atoms with E-state index in [1.807, 2.05) is 20.8 Å². The second-order valence-electron chi connectivity index (χ2n) is 8.34. The number of amides is 1. The van der Waals surface area contributed by atoms with E-state index in [0.29, 0.717) is 18.2 Å². The molecule has 3 nitrogen and oxygen atoms in total. The minimum Gasteiger partial charge on any atom is -0.492 e. The molecule has 0 fully saturated rings. The molecule has 1 atom stereocenters. The van der Waals surface area contributed by atoms with Crippen molar-refractivity contribution in [3.63, 3.8) is 0 Å². The summed E-state index contributed by atoms with van der Waals surface area (Å²) < 4.78 is 43.5. The number of fused-ring (bicyclic) bond motifs is 1. The molecule has 30 heavy (non-hydrogen) atoms. The Hall–Kier alpha value is -2.50. The van der Waals surface area contributed by atoms with E-state index in [1.165, 1.54) is 5.56 Å². The summed E-state index contributed by atoms with van der Waals surface area (Å²) in [6.07, 6.45) is -6.07. The molecule has 2 aromatic carbocycles. The molecular weight excluding hydrogens is 391 g/mol. The van der Waals surface area contributed by atoms with Crippen molar-refractivity contribution in [2.75, 3.05) is 11.9 Å². The van der Waals surface area contributed by atoms with E-state index in [1.54, 1.807) is 0 Å². The highest BCUT2D eigenvalue weighted by Crippen LogP contribution is 2.47. The minimum absolute atomic E-state index is 0.0198. The minimum atomic E-state index is -4.35. The molecule has 0 aromatic heterocycles. The van der Waals surface area contributed by atoms with Crippen LogP contribution in [0.1, 0.15) is 71.9 Å². The fourth-order valence-corrected chi connectivity index (χ4v) is 4.02. The van der Waals surface area contributed by atoms with Gasteiger partial charge in [0.1, 0.15) is 5.75 Å². The first-order chi connectivity index (χ1) is 14.0. The van der Waals surface area contributed by atoms with Crippen molar-refractivity contribution in [2.45, 2.75) is 65.5 Å². The summed E-state index contributed by atoms with van der Waals surface area (Å²) in [5.74, 6) is 0.647. The Kier molecular flexibility index (Phi) is 6.16. The molecule has 6 heteroatoms. The van der Waals surface area contributed by atoms with Crippen LogP contribution < -0.4 is 10.1 Å². The van der Waals surface area contributed by atoms with Crippen LogP contribution in [0, 0.1) is 20.8 Å². The van der Waals surface area contributed by atoms with Crippen LogP contribution in [-0.4, -0.2) is 18.7 Å².